The fourth-order valence-corrected chi connectivity index (χ4v) is 1.55. The van der Waals surface area contributed by atoms with Crippen molar-refractivity contribution in [2.75, 3.05) is 17.7 Å². The lowest BCUT2D eigenvalue weighted by Crippen LogP contribution is -2.14. The predicted octanol–water partition coefficient (Wildman–Crippen LogP) is 1.59. The van der Waals surface area contributed by atoms with Crippen molar-refractivity contribution in [1.82, 2.24) is 10.3 Å². The Hall–Kier alpha value is -3.08. The third-order valence-electron chi connectivity index (χ3n) is 2.52. The van der Waals surface area contributed by atoms with Crippen molar-refractivity contribution < 1.29 is 14.2 Å². The molecule has 0 spiro atoms. The third-order valence-corrected chi connectivity index (χ3v) is 2.52. The first-order valence-corrected chi connectivity index (χ1v) is 6.20. The van der Waals surface area contributed by atoms with Crippen LogP contribution in [0.4, 0.5) is 11.5 Å². The molecule has 0 unspecified atom stereocenters. The van der Waals surface area contributed by atoms with Crippen LogP contribution in [0.25, 0.3) is 0 Å². The Bertz CT molecular complexity index is 662. The van der Waals surface area contributed by atoms with Gasteiger partial charge in [0.2, 0.25) is 11.5 Å². The molecule has 0 bridgehead atoms. The van der Waals surface area contributed by atoms with Crippen molar-refractivity contribution in [2.45, 2.75) is 12.8 Å². The lowest BCUT2D eigenvalue weighted by Gasteiger charge is -2.07. The van der Waals surface area contributed by atoms with Crippen molar-refractivity contribution in [1.29, 1.82) is 5.26 Å². The van der Waals surface area contributed by atoms with Crippen molar-refractivity contribution >= 4 is 17.4 Å². The molecule has 0 fully saturated rings. The summed E-state index contributed by atoms with van der Waals surface area (Å²) in [6.07, 6.45) is 1.09. The number of ether oxygens (including phenoxy) is 1. The van der Waals surface area contributed by atoms with Gasteiger partial charge in [-0.05, 0) is 28.9 Å². The van der Waals surface area contributed by atoms with Gasteiger partial charge in [0.05, 0.1) is 12.7 Å². The Balaban J connectivity index is 1.96. The maximum atomic E-state index is 11.9. The number of carbonyl (C=O) groups excluding carboxylic acids is 1. The van der Waals surface area contributed by atoms with Crippen LogP contribution in [0, 0.1) is 11.3 Å². The first kappa shape index (κ1) is 14.3. The minimum Gasteiger partial charge on any atom is -0.493 e. The van der Waals surface area contributed by atoms with Gasteiger partial charge in [-0.2, -0.15) is 5.26 Å². The van der Waals surface area contributed by atoms with Crippen LogP contribution in [0.1, 0.15) is 23.3 Å². The maximum Gasteiger partial charge on any atom is 0.281 e. The Morgan fingerprint density at radius 2 is 2.33 bits per heavy atom. The number of unbranched alkanes of at least 4 members (excludes halogenated alkanes) is 1. The maximum absolute atomic E-state index is 11.9. The van der Waals surface area contributed by atoms with Gasteiger partial charge in [0.25, 0.3) is 5.91 Å². The molecule has 21 heavy (non-hydrogen) atoms. The second-order valence-corrected chi connectivity index (χ2v) is 4.09. The summed E-state index contributed by atoms with van der Waals surface area (Å²) in [7, 11) is 0. The van der Waals surface area contributed by atoms with Gasteiger partial charge in [-0.3, -0.25) is 4.79 Å². The molecule has 2 rings (SSSR count). The molecule has 8 heteroatoms. The van der Waals surface area contributed by atoms with Gasteiger partial charge in [0, 0.05) is 18.2 Å². The molecule has 1 aromatic heterocycles. The van der Waals surface area contributed by atoms with Gasteiger partial charge in [-0.15, -0.1) is 0 Å². The number of anilines is 2. The van der Waals surface area contributed by atoms with E-state index < -0.39 is 5.91 Å². The van der Waals surface area contributed by atoms with E-state index in [9.17, 15) is 4.79 Å². The number of nitrogen functional groups attached to an aromatic ring is 1. The fourth-order valence-electron chi connectivity index (χ4n) is 1.55. The van der Waals surface area contributed by atoms with E-state index >= 15 is 0 Å². The molecule has 0 atom stereocenters. The molecule has 0 radical (unpaired) electrons. The first-order valence-electron chi connectivity index (χ1n) is 6.20. The summed E-state index contributed by atoms with van der Waals surface area (Å²) < 4.78 is 9.84. The summed E-state index contributed by atoms with van der Waals surface area (Å²) in [6.45, 7) is 0.436. The summed E-state index contributed by atoms with van der Waals surface area (Å²) in [6, 6.07) is 8.89. The number of amides is 1. The number of nitrogens with one attached hydrogen (secondary N) is 1. The van der Waals surface area contributed by atoms with Crippen molar-refractivity contribution in [3.63, 3.8) is 0 Å². The Kier molecular flexibility index (Phi) is 4.71. The van der Waals surface area contributed by atoms with Gasteiger partial charge < -0.3 is 15.8 Å². The van der Waals surface area contributed by atoms with Gasteiger partial charge in [0.15, 0.2) is 0 Å². The smallest absolute Gasteiger partial charge is 0.281 e. The molecule has 0 aliphatic carbocycles. The molecule has 2 aromatic rings. The highest BCUT2D eigenvalue weighted by Crippen LogP contribution is 2.18. The Morgan fingerprint density at radius 1 is 1.48 bits per heavy atom. The summed E-state index contributed by atoms with van der Waals surface area (Å²) in [4.78, 5) is 11.9. The average Bonchev–Trinajstić information content (AvgIpc) is 2.90. The van der Waals surface area contributed by atoms with Crippen LogP contribution >= 0.6 is 0 Å². The van der Waals surface area contributed by atoms with E-state index in [1.807, 2.05) is 6.07 Å². The minimum absolute atomic E-state index is 0.0728. The van der Waals surface area contributed by atoms with E-state index in [0.29, 0.717) is 30.9 Å². The summed E-state index contributed by atoms with van der Waals surface area (Å²) in [5.74, 6) is 0.00350. The molecule has 1 amide bonds. The van der Waals surface area contributed by atoms with Crippen LogP contribution in [-0.4, -0.2) is 22.8 Å². The predicted molar refractivity (Wildman–Crippen MR) is 73.4 cm³/mol. The van der Waals surface area contributed by atoms with E-state index in [-0.39, 0.29) is 11.5 Å². The Morgan fingerprint density at radius 3 is 3.05 bits per heavy atom. The lowest BCUT2D eigenvalue weighted by molar-refractivity contribution is 0.101. The number of nitriles is 1. The molecule has 1 aromatic carbocycles. The molecule has 8 nitrogen and oxygen atoms in total. The SMILES string of the molecule is N#CCCCOc1cccc(NC(=O)c2nonc2N)c1. The minimum atomic E-state index is -0.518. The molecule has 0 saturated heterocycles. The number of hydrogen-bond acceptors (Lipinski definition) is 7. The number of benzene rings is 1. The first-order chi connectivity index (χ1) is 10.2. The molecule has 0 saturated carbocycles. The second-order valence-electron chi connectivity index (χ2n) is 4.09. The van der Waals surface area contributed by atoms with Crippen molar-refractivity contribution in [3.05, 3.63) is 30.0 Å². The lowest BCUT2D eigenvalue weighted by atomic mass is 10.3. The number of rotatable bonds is 6. The van der Waals surface area contributed by atoms with Gasteiger partial charge >= 0.3 is 0 Å². The van der Waals surface area contributed by atoms with Crippen LogP contribution in [0.5, 0.6) is 5.75 Å². The van der Waals surface area contributed by atoms with Crippen LogP contribution in [0.15, 0.2) is 28.9 Å². The molecular weight excluding hydrogens is 274 g/mol. The number of hydrogen-bond donors (Lipinski definition) is 2. The van der Waals surface area contributed by atoms with Crippen LogP contribution in [0.3, 0.4) is 0 Å². The van der Waals surface area contributed by atoms with E-state index in [1.54, 1.807) is 24.3 Å². The van der Waals surface area contributed by atoms with Crippen LogP contribution in [-0.2, 0) is 0 Å². The highest BCUT2D eigenvalue weighted by molar-refractivity contribution is 6.05. The molecule has 1 heterocycles. The molecular formula is C13H13N5O3. The highest BCUT2D eigenvalue weighted by Gasteiger charge is 2.16. The summed E-state index contributed by atoms with van der Waals surface area (Å²) in [5.41, 5.74) is 5.89. The van der Waals surface area contributed by atoms with Gasteiger partial charge in [-0.25, -0.2) is 4.63 Å². The van der Waals surface area contributed by atoms with Crippen LogP contribution in [0.2, 0.25) is 0 Å². The molecule has 3 N–H and O–H groups in total. The topological polar surface area (TPSA) is 127 Å². The average molecular weight is 287 g/mol. The zero-order valence-corrected chi connectivity index (χ0v) is 11.1. The molecule has 0 aliphatic heterocycles. The largest absolute Gasteiger partial charge is 0.493 e. The standard InChI is InChI=1S/C13H13N5O3/c14-6-1-2-7-20-10-5-3-4-9(8-10)16-13(19)11-12(15)18-21-17-11/h3-5,8H,1-2,7H2,(H2,15,18)(H,16,19). The van der Waals surface area contributed by atoms with Crippen LogP contribution < -0.4 is 15.8 Å². The monoisotopic (exact) mass is 287 g/mol. The van der Waals surface area contributed by atoms with E-state index in [2.05, 4.69) is 20.3 Å². The van der Waals surface area contributed by atoms with Crippen molar-refractivity contribution in [2.24, 2.45) is 0 Å². The third kappa shape index (κ3) is 3.94. The fraction of sp³-hybridized carbons (Fsp3) is 0.231. The molecule has 108 valence electrons. The normalized spacial score (nSPS) is 9.86. The number of carbonyl (C=O) groups is 1. The Labute approximate surface area is 120 Å². The zero-order valence-electron chi connectivity index (χ0n) is 11.1. The highest BCUT2D eigenvalue weighted by atomic mass is 16.6. The summed E-state index contributed by atoms with van der Waals surface area (Å²) >= 11 is 0. The second kappa shape index (κ2) is 6.91. The summed E-state index contributed by atoms with van der Waals surface area (Å²) in [5, 5.41) is 17.8. The molecule has 0 aliphatic rings. The number of nitrogens with two attached hydrogens (primary N) is 1. The number of aromatic nitrogens is 2. The van der Waals surface area contributed by atoms with E-state index in [0.717, 1.165) is 0 Å². The van der Waals surface area contributed by atoms with E-state index in [4.69, 9.17) is 15.7 Å². The zero-order chi connectivity index (χ0) is 15.1. The van der Waals surface area contributed by atoms with E-state index in [1.165, 1.54) is 0 Å². The quantitative estimate of drug-likeness (QED) is 0.772. The van der Waals surface area contributed by atoms with Gasteiger partial charge in [0.1, 0.15) is 5.75 Å². The number of nitrogens with zero attached hydrogens (tertiary/aromatic N) is 3. The van der Waals surface area contributed by atoms with Gasteiger partial charge in [-0.1, -0.05) is 6.07 Å². The van der Waals surface area contributed by atoms with Crippen molar-refractivity contribution in [3.8, 4) is 11.8 Å².